The van der Waals surface area contributed by atoms with Crippen LogP contribution in [0.1, 0.15) is 10.4 Å². The van der Waals surface area contributed by atoms with Gasteiger partial charge >= 0.3 is 5.97 Å². The lowest BCUT2D eigenvalue weighted by Gasteiger charge is -2.03. The zero-order valence-corrected chi connectivity index (χ0v) is 10.4. The minimum absolute atomic E-state index is 0.231. The molecule has 0 saturated carbocycles. The Morgan fingerprint density at radius 3 is 2.63 bits per heavy atom. The molecule has 3 aromatic rings. The van der Waals surface area contributed by atoms with Crippen LogP contribution in [0.4, 0.5) is 0 Å². The molecule has 19 heavy (non-hydrogen) atoms. The fourth-order valence-corrected chi connectivity index (χ4v) is 2.16. The Hall–Kier alpha value is -2.33. The predicted molar refractivity (Wildman–Crippen MR) is 71.4 cm³/mol. The number of halogens is 1. The van der Waals surface area contributed by atoms with Crippen LogP contribution in [0.5, 0.6) is 0 Å². The Bertz CT molecular complexity index is 762. The van der Waals surface area contributed by atoms with Crippen molar-refractivity contribution >= 4 is 28.5 Å². The van der Waals surface area contributed by atoms with Crippen LogP contribution in [0, 0.1) is 0 Å². The van der Waals surface area contributed by atoms with Gasteiger partial charge in [-0.1, -0.05) is 23.7 Å². The summed E-state index contributed by atoms with van der Waals surface area (Å²) < 4.78 is 5.31. The van der Waals surface area contributed by atoms with Gasteiger partial charge in [-0.05, 0) is 18.2 Å². The summed E-state index contributed by atoms with van der Waals surface area (Å²) in [5.74, 6) is -0.959. The third kappa shape index (κ3) is 1.96. The molecule has 0 unspecified atom stereocenters. The maximum atomic E-state index is 10.8. The molecule has 3 rings (SSSR count). The second kappa shape index (κ2) is 4.40. The van der Waals surface area contributed by atoms with Crippen molar-refractivity contribution < 1.29 is 14.3 Å². The quantitative estimate of drug-likeness (QED) is 0.770. The van der Waals surface area contributed by atoms with E-state index >= 15 is 0 Å². The second-order valence-corrected chi connectivity index (χ2v) is 4.41. The molecule has 2 aromatic heterocycles. The Morgan fingerprint density at radius 1 is 1.21 bits per heavy atom. The summed E-state index contributed by atoms with van der Waals surface area (Å²) in [5, 5.41) is 10.1. The Balaban J connectivity index is 2.18. The minimum atomic E-state index is -0.959. The molecule has 0 saturated heterocycles. The first-order valence-electron chi connectivity index (χ1n) is 5.52. The van der Waals surface area contributed by atoms with Gasteiger partial charge in [0.05, 0.1) is 21.7 Å². The van der Waals surface area contributed by atoms with Crippen LogP contribution >= 0.6 is 11.6 Å². The monoisotopic (exact) mass is 273 g/mol. The predicted octanol–water partition coefficient (Wildman–Crippen LogP) is 3.85. The molecular formula is C14H8ClNO3. The lowest BCUT2D eigenvalue weighted by molar-refractivity contribution is 0.0697. The number of carboxylic acid groups (broad SMARTS) is 1. The first-order valence-corrected chi connectivity index (χ1v) is 5.90. The summed E-state index contributed by atoms with van der Waals surface area (Å²) in [7, 11) is 0. The lowest BCUT2D eigenvalue weighted by Crippen LogP contribution is -1.95. The third-order valence-electron chi connectivity index (χ3n) is 2.85. The van der Waals surface area contributed by atoms with E-state index in [1.54, 1.807) is 24.4 Å². The summed E-state index contributed by atoms with van der Waals surface area (Å²) in [4.78, 5) is 15.1. The third-order valence-corrected chi connectivity index (χ3v) is 3.12. The molecule has 2 heterocycles. The average molecular weight is 274 g/mol. The van der Waals surface area contributed by atoms with E-state index in [2.05, 4.69) is 4.98 Å². The highest BCUT2D eigenvalue weighted by molar-refractivity contribution is 6.36. The Morgan fingerprint density at radius 2 is 1.95 bits per heavy atom. The largest absolute Gasteiger partial charge is 0.478 e. The lowest BCUT2D eigenvalue weighted by atomic mass is 10.1. The maximum Gasteiger partial charge on any atom is 0.335 e. The van der Waals surface area contributed by atoms with Crippen molar-refractivity contribution in [3.05, 3.63) is 53.4 Å². The van der Waals surface area contributed by atoms with Gasteiger partial charge < -0.3 is 9.52 Å². The van der Waals surface area contributed by atoms with Crippen molar-refractivity contribution in [2.45, 2.75) is 0 Å². The highest BCUT2D eigenvalue weighted by Gasteiger charge is 2.12. The van der Waals surface area contributed by atoms with Crippen LogP contribution in [-0.4, -0.2) is 16.1 Å². The van der Waals surface area contributed by atoms with Crippen LogP contribution in [0.25, 0.3) is 22.2 Å². The molecule has 0 aliphatic heterocycles. The molecule has 1 N–H and O–H groups in total. The fourth-order valence-electron chi connectivity index (χ4n) is 1.94. The van der Waals surface area contributed by atoms with Crippen molar-refractivity contribution in [1.82, 2.24) is 4.98 Å². The van der Waals surface area contributed by atoms with Gasteiger partial charge in [0.1, 0.15) is 11.8 Å². The van der Waals surface area contributed by atoms with E-state index in [4.69, 9.17) is 21.1 Å². The number of fused-ring (bicyclic) bond motifs is 1. The number of furan rings is 1. The molecule has 0 atom stereocenters. The number of carboxylic acids is 1. The summed E-state index contributed by atoms with van der Waals surface area (Å²) in [6.07, 6.45) is 3.09. The van der Waals surface area contributed by atoms with Gasteiger partial charge in [0.15, 0.2) is 0 Å². The van der Waals surface area contributed by atoms with Crippen molar-refractivity contribution in [1.29, 1.82) is 0 Å². The molecule has 0 spiro atoms. The van der Waals surface area contributed by atoms with E-state index in [0.29, 0.717) is 16.3 Å². The van der Waals surface area contributed by atoms with Crippen molar-refractivity contribution in [2.75, 3.05) is 0 Å². The molecule has 0 amide bonds. The van der Waals surface area contributed by atoms with E-state index in [9.17, 15) is 4.79 Å². The van der Waals surface area contributed by atoms with Gasteiger partial charge in [0, 0.05) is 11.8 Å². The first kappa shape index (κ1) is 11.7. The van der Waals surface area contributed by atoms with Gasteiger partial charge in [-0.3, -0.25) is 4.98 Å². The molecule has 0 fully saturated rings. The van der Waals surface area contributed by atoms with Crippen molar-refractivity contribution in [3.8, 4) is 11.3 Å². The number of hydrogen-bond donors (Lipinski definition) is 1. The molecule has 4 nitrogen and oxygen atoms in total. The van der Waals surface area contributed by atoms with Crippen LogP contribution in [0.15, 0.2) is 47.2 Å². The molecular weight excluding hydrogens is 266 g/mol. The molecule has 0 radical (unpaired) electrons. The van der Waals surface area contributed by atoms with E-state index in [0.717, 1.165) is 10.9 Å². The molecule has 1 aromatic carbocycles. The van der Waals surface area contributed by atoms with Gasteiger partial charge in [0.25, 0.3) is 0 Å². The number of rotatable bonds is 2. The highest BCUT2D eigenvalue weighted by Crippen LogP contribution is 2.33. The zero-order chi connectivity index (χ0) is 13.4. The van der Waals surface area contributed by atoms with E-state index in [-0.39, 0.29) is 5.56 Å². The van der Waals surface area contributed by atoms with Crippen LogP contribution in [-0.2, 0) is 0 Å². The normalized spacial score (nSPS) is 10.8. The van der Waals surface area contributed by atoms with Gasteiger partial charge in [-0.25, -0.2) is 4.79 Å². The molecule has 5 heteroatoms. The summed E-state index contributed by atoms with van der Waals surface area (Å²) in [5.41, 5.74) is 2.35. The number of nitrogens with zero attached hydrogens (tertiary/aromatic N) is 1. The van der Waals surface area contributed by atoms with Gasteiger partial charge in [0.2, 0.25) is 0 Å². The summed E-state index contributed by atoms with van der Waals surface area (Å²) in [6.45, 7) is 0. The SMILES string of the molecule is O=C(O)c1ccc(-c2nccc3occ(Cl)c23)cc1. The van der Waals surface area contributed by atoms with Gasteiger partial charge in [-0.15, -0.1) is 0 Å². The highest BCUT2D eigenvalue weighted by atomic mass is 35.5. The summed E-state index contributed by atoms with van der Waals surface area (Å²) in [6, 6.07) is 8.21. The van der Waals surface area contributed by atoms with E-state index < -0.39 is 5.97 Å². The van der Waals surface area contributed by atoms with Crippen LogP contribution in [0.2, 0.25) is 5.02 Å². The van der Waals surface area contributed by atoms with Crippen LogP contribution < -0.4 is 0 Å². The summed E-state index contributed by atoms with van der Waals surface area (Å²) >= 11 is 6.08. The number of pyridine rings is 1. The molecule has 0 bridgehead atoms. The number of benzene rings is 1. The minimum Gasteiger partial charge on any atom is -0.478 e. The fraction of sp³-hybridized carbons (Fsp3) is 0. The van der Waals surface area contributed by atoms with Gasteiger partial charge in [-0.2, -0.15) is 0 Å². The topological polar surface area (TPSA) is 63.3 Å². The number of aromatic carboxylic acids is 1. The first-order chi connectivity index (χ1) is 9.16. The van der Waals surface area contributed by atoms with Crippen molar-refractivity contribution in [3.63, 3.8) is 0 Å². The molecule has 94 valence electrons. The smallest absolute Gasteiger partial charge is 0.335 e. The zero-order valence-electron chi connectivity index (χ0n) is 9.63. The Labute approximate surface area is 113 Å². The maximum absolute atomic E-state index is 10.8. The molecule has 0 aliphatic carbocycles. The van der Waals surface area contributed by atoms with Crippen molar-refractivity contribution in [2.24, 2.45) is 0 Å². The van der Waals surface area contributed by atoms with Crippen LogP contribution in [0.3, 0.4) is 0 Å². The standard InChI is InChI=1S/C14H8ClNO3/c15-10-7-19-11-5-6-16-13(12(10)11)8-1-3-9(4-2-8)14(17)18/h1-7H,(H,17,18). The number of carbonyl (C=O) groups is 1. The second-order valence-electron chi connectivity index (χ2n) is 4.00. The number of aromatic nitrogens is 1. The Kier molecular flexibility index (Phi) is 2.72. The average Bonchev–Trinajstić information content (AvgIpc) is 2.81. The number of hydrogen-bond acceptors (Lipinski definition) is 3. The van der Waals surface area contributed by atoms with E-state index in [1.807, 2.05) is 0 Å². The van der Waals surface area contributed by atoms with E-state index in [1.165, 1.54) is 18.4 Å². The molecule has 0 aliphatic rings.